The third kappa shape index (κ3) is 3.77. The van der Waals surface area contributed by atoms with E-state index in [0.29, 0.717) is 12.3 Å². The number of nitrogens with zero attached hydrogens (tertiary/aromatic N) is 1. The maximum absolute atomic E-state index is 13.4. The van der Waals surface area contributed by atoms with Gasteiger partial charge in [-0.1, -0.05) is 19.1 Å². The molecular weight excluding hydrogens is 311 g/mol. The van der Waals surface area contributed by atoms with E-state index in [0.717, 1.165) is 11.3 Å². The number of nitrogens with two attached hydrogens (primary N) is 1. The maximum atomic E-state index is 13.4. The van der Waals surface area contributed by atoms with E-state index in [-0.39, 0.29) is 24.2 Å². The summed E-state index contributed by atoms with van der Waals surface area (Å²) < 4.78 is 38.1. The van der Waals surface area contributed by atoms with Crippen LogP contribution in [0.2, 0.25) is 0 Å². The van der Waals surface area contributed by atoms with Crippen LogP contribution < -0.4 is 5.73 Å². The average Bonchev–Trinajstić information content (AvgIpc) is 2.48. The van der Waals surface area contributed by atoms with Crippen molar-refractivity contribution < 1.29 is 12.8 Å². The number of hydrogen-bond acceptors (Lipinski definition) is 5. The molecule has 0 spiro atoms. The van der Waals surface area contributed by atoms with E-state index >= 15 is 0 Å². The van der Waals surface area contributed by atoms with Gasteiger partial charge in [-0.15, -0.1) is 0 Å². The first-order valence-corrected chi connectivity index (χ1v) is 9.87. The fourth-order valence-corrected chi connectivity index (χ4v) is 5.70. The third-order valence-electron chi connectivity index (χ3n) is 3.80. The van der Waals surface area contributed by atoms with E-state index in [1.54, 1.807) is 30.8 Å². The second kappa shape index (κ2) is 7.09. The molecule has 2 rings (SSSR count). The Labute approximate surface area is 129 Å². The monoisotopic (exact) mass is 332 g/mol. The Balaban J connectivity index is 2.34. The Bertz CT molecular complexity index is 580. The molecule has 1 aliphatic heterocycles. The molecule has 0 aromatic heterocycles. The van der Waals surface area contributed by atoms with Crippen molar-refractivity contribution in [3.8, 4) is 0 Å². The van der Waals surface area contributed by atoms with E-state index in [2.05, 4.69) is 0 Å². The normalized spacial score (nSPS) is 22.1. The summed E-state index contributed by atoms with van der Waals surface area (Å²) in [6, 6.07) is 5.99. The summed E-state index contributed by atoms with van der Waals surface area (Å²) in [5.41, 5.74) is 6.60. The molecule has 2 N–H and O–H groups in total. The van der Waals surface area contributed by atoms with Gasteiger partial charge in [-0.05, 0) is 17.7 Å². The number of rotatable bonds is 5. The summed E-state index contributed by atoms with van der Waals surface area (Å²) in [6.07, 6.45) is 0. The minimum atomic E-state index is -3.19. The molecule has 1 aliphatic rings. The van der Waals surface area contributed by atoms with Crippen LogP contribution in [-0.4, -0.2) is 49.0 Å². The minimum Gasteiger partial charge on any atom is -0.329 e. The average molecular weight is 332 g/mol. The second-order valence-corrected chi connectivity index (χ2v) is 8.62. The summed E-state index contributed by atoms with van der Waals surface area (Å²) in [5.74, 6) is 1.19. The Morgan fingerprint density at radius 1 is 1.52 bits per heavy atom. The number of hydrogen-bond donors (Lipinski definition) is 1. The molecule has 1 saturated heterocycles. The molecule has 2 atom stereocenters. The number of benzene rings is 1. The van der Waals surface area contributed by atoms with Crippen LogP contribution in [0.3, 0.4) is 0 Å². The Hall–Kier alpha value is -0.630. The lowest BCUT2D eigenvalue weighted by atomic mass is 10.1. The molecule has 1 aromatic rings. The highest BCUT2D eigenvalue weighted by atomic mass is 32.2. The standard InChI is InChI=1S/C14H21FN2O2S2/c1-2-21(18,19)14-10-20-7-6-17(14)13(9-16)11-4-3-5-12(15)8-11/h3-5,8,13-14H,2,6-7,9-10,16H2,1H3. The van der Waals surface area contributed by atoms with E-state index < -0.39 is 15.2 Å². The lowest BCUT2D eigenvalue weighted by Crippen LogP contribution is -2.50. The van der Waals surface area contributed by atoms with Gasteiger partial charge < -0.3 is 5.73 Å². The smallest absolute Gasteiger partial charge is 0.166 e. The summed E-state index contributed by atoms with van der Waals surface area (Å²) in [6.45, 7) is 2.57. The first kappa shape index (κ1) is 16.7. The highest BCUT2D eigenvalue weighted by Crippen LogP contribution is 2.30. The van der Waals surface area contributed by atoms with Gasteiger partial charge in [0.2, 0.25) is 0 Å². The van der Waals surface area contributed by atoms with Crippen LogP contribution >= 0.6 is 11.8 Å². The molecule has 0 saturated carbocycles. The van der Waals surface area contributed by atoms with Gasteiger partial charge >= 0.3 is 0 Å². The number of thioether (sulfide) groups is 1. The lowest BCUT2D eigenvalue weighted by Gasteiger charge is -2.40. The molecule has 1 fully saturated rings. The quantitative estimate of drug-likeness (QED) is 0.888. The minimum absolute atomic E-state index is 0.106. The summed E-state index contributed by atoms with van der Waals surface area (Å²) >= 11 is 1.64. The third-order valence-corrected chi connectivity index (χ3v) is 7.10. The van der Waals surface area contributed by atoms with Gasteiger partial charge in [0, 0.05) is 36.4 Å². The zero-order valence-corrected chi connectivity index (χ0v) is 13.7. The molecule has 2 unspecified atom stereocenters. The van der Waals surface area contributed by atoms with Crippen LogP contribution in [-0.2, 0) is 9.84 Å². The molecule has 0 amide bonds. The van der Waals surface area contributed by atoms with Gasteiger partial charge in [-0.3, -0.25) is 4.90 Å². The fraction of sp³-hybridized carbons (Fsp3) is 0.571. The van der Waals surface area contributed by atoms with Crippen molar-refractivity contribution in [1.29, 1.82) is 0 Å². The number of sulfone groups is 1. The van der Waals surface area contributed by atoms with Crippen LogP contribution in [0.25, 0.3) is 0 Å². The molecule has 0 aliphatic carbocycles. The van der Waals surface area contributed by atoms with E-state index in [9.17, 15) is 12.8 Å². The van der Waals surface area contributed by atoms with E-state index in [4.69, 9.17) is 5.73 Å². The van der Waals surface area contributed by atoms with Gasteiger partial charge in [0.15, 0.2) is 9.84 Å². The predicted molar refractivity (Wildman–Crippen MR) is 85.5 cm³/mol. The van der Waals surface area contributed by atoms with Crippen LogP contribution in [0.1, 0.15) is 18.5 Å². The first-order valence-electron chi connectivity index (χ1n) is 7.00. The van der Waals surface area contributed by atoms with Crippen LogP contribution in [0.4, 0.5) is 4.39 Å². The van der Waals surface area contributed by atoms with Gasteiger partial charge in [-0.2, -0.15) is 11.8 Å². The van der Waals surface area contributed by atoms with Crippen LogP contribution in [0, 0.1) is 5.82 Å². The van der Waals surface area contributed by atoms with Gasteiger partial charge in [0.05, 0.1) is 0 Å². The maximum Gasteiger partial charge on any atom is 0.166 e. The second-order valence-electron chi connectivity index (χ2n) is 5.03. The Morgan fingerprint density at radius 3 is 2.90 bits per heavy atom. The SMILES string of the molecule is CCS(=O)(=O)C1CSCCN1C(CN)c1cccc(F)c1. The molecule has 7 heteroatoms. The zero-order chi connectivity index (χ0) is 15.5. The predicted octanol–water partition coefficient (Wildman–Crippen LogP) is 1.64. The van der Waals surface area contributed by atoms with Crippen LogP contribution in [0.5, 0.6) is 0 Å². The van der Waals surface area contributed by atoms with Gasteiger partial charge in [-0.25, -0.2) is 12.8 Å². The zero-order valence-electron chi connectivity index (χ0n) is 12.0. The van der Waals surface area contributed by atoms with Crippen molar-refractivity contribution in [3.63, 3.8) is 0 Å². The largest absolute Gasteiger partial charge is 0.329 e. The number of halogens is 1. The van der Waals surface area contributed by atoms with E-state index in [1.165, 1.54) is 12.1 Å². The highest BCUT2D eigenvalue weighted by Gasteiger charge is 2.36. The van der Waals surface area contributed by atoms with Crippen molar-refractivity contribution >= 4 is 21.6 Å². The molecule has 1 heterocycles. The summed E-state index contributed by atoms with van der Waals surface area (Å²) in [4.78, 5) is 1.92. The molecule has 1 aromatic carbocycles. The topological polar surface area (TPSA) is 63.4 Å². The Morgan fingerprint density at radius 2 is 2.29 bits per heavy atom. The van der Waals surface area contributed by atoms with Crippen LogP contribution in [0.15, 0.2) is 24.3 Å². The lowest BCUT2D eigenvalue weighted by molar-refractivity contribution is 0.197. The van der Waals surface area contributed by atoms with E-state index in [1.807, 2.05) is 4.90 Å². The van der Waals surface area contributed by atoms with Crippen molar-refractivity contribution in [2.75, 3.05) is 30.3 Å². The van der Waals surface area contributed by atoms with Crippen molar-refractivity contribution in [1.82, 2.24) is 4.90 Å². The van der Waals surface area contributed by atoms with Gasteiger partial charge in [0.1, 0.15) is 11.2 Å². The molecule has 0 radical (unpaired) electrons. The fourth-order valence-electron chi connectivity index (χ4n) is 2.63. The van der Waals surface area contributed by atoms with Gasteiger partial charge in [0.25, 0.3) is 0 Å². The molecule has 118 valence electrons. The highest BCUT2D eigenvalue weighted by molar-refractivity contribution is 8.01. The molecular formula is C14H21FN2O2S2. The molecule has 0 bridgehead atoms. The summed E-state index contributed by atoms with van der Waals surface area (Å²) in [5, 5.41) is -0.543. The van der Waals surface area contributed by atoms with Crippen molar-refractivity contribution in [3.05, 3.63) is 35.6 Å². The first-order chi connectivity index (χ1) is 9.99. The Kier molecular flexibility index (Phi) is 5.65. The summed E-state index contributed by atoms with van der Waals surface area (Å²) in [7, 11) is -3.19. The molecule has 4 nitrogen and oxygen atoms in total. The molecule has 21 heavy (non-hydrogen) atoms. The van der Waals surface area contributed by atoms with Crippen molar-refractivity contribution in [2.24, 2.45) is 5.73 Å². The van der Waals surface area contributed by atoms with Crippen molar-refractivity contribution in [2.45, 2.75) is 18.3 Å².